The van der Waals surface area contributed by atoms with Crippen LogP contribution >= 0.6 is 0 Å². The van der Waals surface area contributed by atoms with Gasteiger partial charge in [-0.3, -0.25) is 0 Å². The van der Waals surface area contributed by atoms with Crippen molar-refractivity contribution in [2.24, 2.45) is 0 Å². The van der Waals surface area contributed by atoms with Crippen molar-refractivity contribution in [1.82, 2.24) is 29.7 Å². The Bertz CT molecular complexity index is 709. The number of rotatable bonds is 3. The largest absolute Gasteiger partial charge is 0.357 e. The molecule has 2 aromatic heterocycles. The molecular weight excluding hydrogens is 261 g/mol. The second-order valence-electron chi connectivity index (χ2n) is 3.88. The lowest BCUT2D eigenvalue weighted by Crippen LogP contribution is -2.08. The van der Waals surface area contributed by atoms with Gasteiger partial charge in [-0.05, 0) is 24.3 Å². The van der Waals surface area contributed by atoms with Gasteiger partial charge in [-0.2, -0.15) is 24.7 Å². The van der Waals surface area contributed by atoms with E-state index in [4.69, 9.17) is 0 Å². The zero-order valence-corrected chi connectivity index (χ0v) is 10.5. The highest BCUT2D eigenvalue weighted by atomic mass is 19.1. The molecule has 0 aliphatic rings. The second kappa shape index (κ2) is 5.00. The van der Waals surface area contributed by atoms with Crippen LogP contribution in [-0.2, 0) is 0 Å². The van der Waals surface area contributed by atoms with Crippen LogP contribution in [0.3, 0.4) is 0 Å². The molecule has 0 amide bonds. The molecule has 100 valence electrons. The predicted octanol–water partition coefficient (Wildman–Crippen LogP) is 1.30. The SMILES string of the molecule is CNc1nc(-c2ccc(F)cc2)nc(-n2cncn2)n1. The molecule has 0 saturated carbocycles. The Hall–Kier alpha value is -2.90. The smallest absolute Gasteiger partial charge is 0.257 e. The number of nitrogens with zero attached hydrogens (tertiary/aromatic N) is 6. The third kappa shape index (κ3) is 2.30. The van der Waals surface area contributed by atoms with Crippen molar-refractivity contribution < 1.29 is 4.39 Å². The molecule has 0 aliphatic carbocycles. The number of hydrogen-bond acceptors (Lipinski definition) is 6. The highest BCUT2D eigenvalue weighted by molar-refractivity contribution is 5.56. The third-order valence-electron chi connectivity index (χ3n) is 2.57. The summed E-state index contributed by atoms with van der Waals surface area (Å²) in [7, 11) is 1.70. The molecular formula is C12H10FN7. The van der Waals surface area contributed by atoms with Crippen molar-refractivity contribution in [3.05, 3.63) is 42.7 Å². The number of hydrogen-bond donors (Lipinski definition) is 1. The van der Waals surface area contributed by atoms with E-state index in [2.05, 4.69) is 30.4 Å². The van der Waals surface area contributed by atoms with E-state index in [1.165, 1.54) is 29.5 Å². The van der Waals surface area contributed by atoms with Gasteiger partial charge in [0.25, 0.3) is 5.95 Å². The summed E-state index contributed by atoms with van der Waals surface area (Å²) < 4.78 is 14.4. The molecule has 8 heteroatoms. The Labute approximate surface area is 113 Å². The fourth-order valence-electron chi connectivity index (χ4n) is 1.62. The molecule has 0 fully saturated rings. The molecule has 7 nitrogen and oxygen atoms in total. The Morgan fingerprint density at radius 3 is 2.55 bits per heavy atom. The fraction of sp³-hybridized carbons (Fsp3) is 0.0833. The molecule has 3 aromatic rings. The quantitative estimate of drug-likeness (QED) is 0.773. The van der Waals surface area contributed by atoms with E-state index in [-0.39, 0.29) is 5.82 Å². The predicted molar refractivity (Wildman–Crippen MR) is 69.7 cm³/mol. The van der Waals surface area contributed by atoms with Gasteiger partial charge >= 0.3 is 0 Å². The van der Waals surface area contributed by atoms with Gasteiger partial charge in [0.2, 0.25) is 5.95 Å². The van der Waals surface area contributed by atoms with Gasteiger partial charge in [-0.25, -0.2) is 9.37 Å². The monoisotopic (exact) mass is 271 g/mol. The van der Waals surface area contributed by atoms with Gasteiger partial charge in [-0.1, -0.05) is 0 Å². The van der Waals surface area contributed by atoms with Gasteiger partial charge in [0.1, 0.15) is 18.5 Å². The van der Waals surface area contributed by atoms with Crippen LogP contribution in [0.1, 0.15) is 0 Å². The molecule has 2 heterocycles. The van der Waals surface area contributed by atoms with Crippen LogP contribution in [0.25, 0.3) is 17.3 Å². The molecule has 20 heavy (non-hydrogen) atoms. The van der Waals surface area contributed by atoms with E-state index in [1.54, 1.807) is 19.2 Å². The summed E-state index contributed by atoms with van der Waals surface area (Å²) in [6.45, 7) is 0. The highest BCUT2D eigenvalue weighted by Gasteiger charge is 2.09. The maximum Gasteiger partial charge on any atom is 0.257 e. The van der Waals surface area contributed by atoms with Crippen molar-refractivity contribution in [3.63, 3.8) is 0 Å². The first kappa shape index (κ1) is 12.2. The standard InChI is InChI=1S/C12H10FN7/c1-14-11-17-10(8-2-4-9(13)5-3-8)18-12(19-11)20-7-15-6-16-20/h2-7H,1H3,(H,14,17,18,19). The Kier molecular flexibility index (Phi) is 3.04. The van der Waals surface area contributed by atoms with Crippen LogP contribution in [0.5, 0.6) is 0 Å². The number of benzene rings is 1. The number of halogens is 1. The Balaban J connectivity index is 2.11. The molecule has 1 N–H and O–H groups in total. The van der Waals surface area contributed by atoms with E-state index < -0.39 is 0 Å². The van der Waals surface area contributed by atoms with Crippen molar-refractivity contribution in [2.45, 2.75) is 0 Å². The zero-order valence-electron chi connectivity index (χ0n) is 10.5. The lowest BCUT2D eigenvalue weighted by Gasteiger charge is -2.06. The van der Waals surface area contributed by atoms with Crippen LogP contribution < -0.4 is 5.32 Å². The van der Waals surface area contributed by atoms with Crippen LogP contribution in [-0.4, -0.2) is 36.8 Å². The summed E-state index contributed by atoms with van der Waals surface area (Å²) >= 11 is 0. The number of anilines is 1. The first-order valence-corrected chi connectivity index (χ1v) is 5.81. The lowest BCUT2D eigenvalue weighted by atomic mass is 10.2. The van der Waals surface area contributed by atoms with Crippen molar-refractivity contribution >= 4 is 5.95 Å². The summed E-state index contributed by atoms with van der Waals surface area (Å²) in [4.78, 5) is 16.6. The topological polar surface area (TPSA) is 81.4 Å². The third-order valence-corrected chi connectivity index (χ3v) is 2.57. The first-order chi connectivity index (χ1) is 9.76. The summed E-state index contributed by atoms with van der Waals surface area (Å²) in [5.41, 5.74) is 0.687. The van der Waals surface area contributed by atoms with E-state index >= 15 is 0 Å². The van der Waals surface area contributed by atoms with E-state index in [0.717, 1.165) is 0 Å². The maximum absolute atomic E-state index is 13.0. The van der Waals surface area contributed by atoms with Crippen LogP contribution in [0.15, 0.2) is 36.9 Å². The number of nitrogens with one attached hydrogen (secondary N) is 1. The van der Waals surface area contributed by atoms with Crippen molar-refractivity contribution in [3.8, 4) is 17.3 Å². The summed E-state index contributed by atoms with van der Waals surface area (Å²) in [6, 6.07) is 5.92. The molecule has 0 aliphatic heterocycles. The first-order valence-electron chi connectivity index (χ1n) is 5.81. The van der Waals surface area contributed by atoms with E-state index in [0.29, 0.717) is 23.3 Å². The van der Waals surface area contributed by atoms with Gasteiger partial charge in [0, 0.05) is 12.6 Å². The van der Waals surface area contributed by atoms with Crippen LogP contribution in [0.2, 0.25) is 0 Å². The molecule has 0 spiro atoms. The molecule has 0 radical (unpaired) electrons. The van der Waals surface area contributed by atoms with Gasteiger partial charge < -0.3 is 5.32 Å². The summed E-state index contributed by atoms with van der Waals surface area (Å²) in [5, 5.41) is 6.83. The molecule has 1 aromatic carbocycles. The lowest BCUT2D eigenvalue weighted by molar-refractivity contribution is 0.628. The molecule has 0 atom stereocenters. The minimum Gasteiger partial charge on any atom is -0.357 e. The molecule has 0 bridgehead atoms. The fourth-order valence-corrected chi connectivity index (χ4v) is 1.62. The van der Waals surface area contributed by atoms with E-state index in [9.17, 15) is 4.39 Å². The minimum absolute atomic E-state index is 0.312. The van der Waals surface area contributed by atoms with Crippen molar-refractivity contribution in [1.29, 1.82) is 0 Å². The van der Waals surface area contributed by atoms with Gasteiger partial charge in [-0.15, -0.1) is 0 Å². The molecule has 0 unspecified atom stereocenters. The van der Waals surface area contributed by atoms with Crippen LogP contribution in [0.4, 0.5) is 10.3 Å². The summed E-state index contributed by atoms with van der Waals surface area (Å²) in [5.74, 6) is 0.842. The van der Waals surface area contributed by atoms with Gasteiger partial charge in [0.05, 0.1) is 0 Å². The Morgan fingerprint density at radius 1 is 1.10 bits per heavy atom. The highest BCUT2D eigenvalue weighted by Crippen LogP contribution is 2.17. The zero-order chi connectivity index (χ0) is 13.9. The number of aromatic nitrogens is 6. The molecule has 3 rings (SSSR count). The Morgan fingerprint density at radius 2 is 1.90 bits per heavy atom. The van der Waals surface area contributed by atoms with Crippen molar-refractivity contribution in [2.75, 3.05) is 12.4 Å². The average Bonchev–Trinajstić information content (AvgIpc) is 3.02. The second-order valence-corrected chi connectivity index (χ2v) is 3.88. The normalized spacial score (nSPS) is 10.5. The van der Waals surface area contributed by atoms with E-state index in [1.807, 2.05) is 0 Å². The van der Waals surface area contributed by atoms with Crippen LogP contribution in [0, 0.1) is 5.82 Å². The average molecular weight is 271 g/mol. The maximum atomic E-state index is 13.0. The van der Waals surface area contributed by atoms with Gasteiger partial charge in [0.15, 0.2) is 5.82 Å². The summed E-state index contributed by atoms with van der Waals surface area (Å²) in [6.07, 6.45) is 2.88. The minimum atomic E-state index is -0.312. The molecule has 0 saturated heterocycles.